The Balaban J connectivity index is 1.91. The van der Waals surface area contributed by atoms with Crippen LogP contribution in [0.25, 0.3) is 10.2 Å². The van der Waals surface area contributed by atoms with E-state index in [0.29, 0.717) is 11.7 Å². The van der Waals surface area contributed by atoms with Crippen LogP contribution < -0.4 is 5.73 Å². The fraction of sp³-hybridized carbons (Fsp3) is 0.0833. The molecule has 0 aliphatic heterocycles. The van der Waals surface area contributed by atoms with Gasteiger partial charge < -0.3 is 5.73 Å². The molecule has 0 unspecified atom stereocenters. The number of nitrogens with zero attached hydrogens (tertiary/aromatic N) is 3. The molecule has 0 radical (unpaired) electrons. The highest BCUT2D eigenvalue weighted by Gasteiger charge is 2.07. The van der Waals surface area contributed by atoms with Gasteiger partial charge in [0.1, 0.15) is 0 Å². The lowest BCUT2D eigenvalue weighted by Crippen LogP contribution is -2.00. The summed E-state index contributed by atoms with van der Waals surface area (Å²) in [6, 6.07) is 9.90. The predicted octanol–water partition coefficient (Wildman–Crippen LogP) is 2.70. The SMILES string of the molecule is NCc1ccnc(Sc2nc3ccccc3s2)n1. The Bertz CT molecular complexity index is 647. The summed E-state index contributed by atoms with van der Waals surface area (Å²) in [5, 5.41) is 0.692. The van der Waals surface area contributed by atoms with Gasteiger partial charge in [0.25, 0.3) is 0 Å². The van der Waals surface area contributed by atoms with Gasteiger partial charge in [0.05, 0.1) is 15.9 Å². The quantitative estimate of drug-likeness (QED) is 0.744. The Morgan fingerprint density at radius 2 is 2.06 bits per heavy atom. The Morgan fingerprint density at radius 3 is 2.89 bits per heavy atom. The summed E-state index contributed by atoms with van der Waals surface area (Å²) in [6.07, 6.45) is 1.73. The van der Waals surface area contributed by atoms with Crippen molar-refractivity contribution in [3.8, 4) is 0 Å². The summed E-state index contributed by atoms with van der Waals surface area (Å²) in [5.74, 6) is 0. The van der Waals surface area contributed by atoms with Gasteiger partial charge in [-0.15, -0.1) is 11.3 Å². The highest BCUT2D eigenvalue weighted by molar-refractivity contribution is 8.01. The van der Waals surface area contributed by atoms with E-state index in [1.807, 2.05) is 24.3 Å². The van der Waals surface area contributed by atoms with Gasteiger partial charge in [-0.2, -0.15) is 0 Å². The molecule has 3 aromatic rings. The molecule has 0 bridgehead atoms. The Morgan fingerprint density at radius 1 is 1.17 bits per heavy atom. The second-order valence-electron chi connectivity index (χ2n) is 3.58. The fourth-order valence-electron chi connectivity index (χ4n) is 1.51. The minimum Gasteiger partial charge on any atom is -0.325 e. The average Bonchev–Trinajstić information content (AvgIpc) is 2.81. The van der Waals surface area contributed by atoms with Gasteiger partial charge in [-0.05, 0) is 30.0 Å². The van der Waals surface area contributed by atoms with E-state index in [1.165, 1.54) is 16.5 Å². The second kappa shape index (κ2) is 5.01. The molecule has 0 saturated heterocycles. The van der Waals surface area contributed by atoms with E-state index < -0.39 is 0 Å². The van der Waals surface area contributed by atoms with Gasteiger partial charge >= 0.3 is 0 Å². The zero-order valence-corrected chi connectivity index (χ0v) is 11.0. The molecule has 2 aromatic heterocycles. The lowest BCUT2D eigenvalue weighted by molar-refractivity contribution is 0.874. The number of rotatable bonds is 3. The third-order valence-corrected chi connectivity index (χ3v) is 4.33. The molecule has 0 spiro atoms. The first-order valence-electron chi connectivity index (χ1n) is 5.40. The van der Waals surface area contributed by atoms with Crippen molar-refractivity contribution < 1.29 is 0 Å². The van der Waals surface area contributed by atoms with E-state index in [9.17, 15) is 0 Å². The van der Waals surface area contributed by atoms with Crippen molar-refractivity contribution >= 4 is 33.3 Å². The maximum absolute atomic E-state index is 5.56. The van der Waals surface area contributed by atoms with Crippen LogP contribution in [0.1, 0.15) is 5.69 Å². The number of hydrogen-bond donors (Lipinski definition) is 1. The first kappa shape index (κ1) is 11.6. The maximum Gasteiger partial charge on any atom is 0.194 e. The number of hydrogen-bond acceptors (Lipinski definition) is 6. The summed E-state index contributed by atoms with van der Waals surface area (Å²) in [7, 11) is 0. The second-order valence-corrected chi connectivity index (χ2v) is 5.83. The topological polar surface area (TPSA) is 64.7 Å². The van der Waals surface area contributed by atoms with Gasteiger partial charge in [0.15, 0.2) is 9.50 Å². The molecule has 0 atom stereocenters. The zero-order valence-electron chi connectivity index (χ0n) is 9.41. The minimum atomic E-state index is 0.427. The molecule has 18 heavy (non-hydrogen) atoms. The molecule has 90 valence electrons. The highest BCUT2D eigenvalue weighted by Crippen LogP contribution is 2.32. The zero-order chi connectivity index (χ0) is 12.4. The van der Waals surface area contributed by atoms with Crippen LogP contribution in [0.15, 0.2) is 46.0 Å². The van der Waals surface area contributed by atoms with Crippen molar-refractivity contribution in [1.82, 2.24) is 15.0 Å². The number of nitrogens with two attached hydrogens (primary N) is 1. The molecule has 0 amide bonds. The van der Waals surface area contributed by atoms with Crippen LogP contribution in [0.2, 0.25) is 0 Å². The molecule has 1 aromatic carbocycles. The van der Waals surface area contributed by atoms with Crippen LogP contribution in [-0.4, -0.2) is 15.0 Å². The van der Waals surface area contributed by atoms with Gasteiger partial charge in [-0.1, -0.05) is 12.1 Å². The molecular formula is C12H10N4S2. The number of fused-ring (bicyclic) bond motifs is 1. The van der Waals surface area contributed by atoms with E-state index >= 15 is 0 Å². The number of benzene rings is 1. The standard InChI is InChI=1S/C12H10N4S2/c13-7-8-5-6-14-11(15-8)18-12-16-9-3-1-2-4-10(9)17-12/h1-6H,7,13H2. The van der Waals surface area contributed by atoms with Crippen molar-refractivity contribution in [2.75, 3.05) is 0 Å². The Kier molecular flexibility index (Phi) is 3.22. The van der Waals surface area contributed by atoms with Crippen molar-refractivity contribution in [1.29, 1.82) is 0 Å². The summed E-state index contributed by atoms with van der Waals surface area (Å²) >= 11 is 3.12. The largest absolute Gasteiger partial charge is 0.325 e. The summed E-state index contributed by atoms with van der Waals surface area (Å²) in [6.45, 7) is 0.427. The van der Waals surface area contributed by atoms with Crippen LogP contribution in [0, 0.1) is 0 Å². The van der Waals surface area contributed by atoms with Crippen molar-refractivity contribution in [2.24, 2.45) is 5.73 Å². The van der Waals surface area contributed by atoms with Crippen LogP contribution in [0.4, 0.5) is 0 Å². The number of aromatic nitrogens is 3. The van der Waals surface area contributed by atoms with Crippen molar-refractivity contribution in [3.05, 3.63) is 42.2 Å². The van der Waals surface area contributed by atoms with E-state index in [1.54, 1.807) is 17.5 Å². The average molecular weight is 274 g/mol. The first-order chi connectivity index (χ1) is 8.85. The van der Waals surface area contributed by atoms with E-state index in [0.717, 1.165) is 15.6 Å². The Labute approximate surface area is 112 Å². The minimum absolute atomic E-state index is 0.427. The molecular weight excluding hydrogens is 264 g/mol. The van der Waals surface area contributed by atoms with Crippen molar-refractivity contribution in [3.63, 3.8) is 0 Å². The molecule has 4 nitrogen and oxygen atoms in total. The van der Waals surface area contributed by atoms with Crippen LogP contribution in [0.3, 0.4) is 0 Å². The molecule has 2 heterocycles. The van der Waals surface area contributed by atoms with Crippen molar-refractivity contribution in [2.45, 2.75) is 16.0 Å². The van der Waals surface area contributed by atoms with Gasteiger partial charge in [0.2, 0.25) is 0 Å². The molecule has 0 saturated carbocycles. The molecule has 6 heteroatoms. The number of thiazole rings is 1. The third-order valence-electron chi connectivity index (χ3n) is 2.35. The smallest absolute Gasteiger partial charge is 0.194 e. The lowest BCUT2D eigenvalue weighted by Gasteiger charge is -1.98. The molecule has 0 aliphatic carbocycles. The first-order valence-corrected chi connectivity index (χ1v) is 7.04. The summed E-state index contributed by atoms with van der Waals surface area (Å²) in [5.41, 5.74) is 7.42. The normalized spacial score (nSPS) is 10.9. The molecule has 0 aliphatic rings. The van der Waals surface area contributed by atoms with Crippen LogP contribution >= 0.6 is 23.1 Å². The van der Waals surface area contributed by atoms with E-state index in [2.05, 4.69) is 21.0 Å². The van der Waals surface area contributed by atoms with Crippen LogP contribution in [0.5, 0.6) is 0 Å². The van der Waals surface area contributed by atoms with Gasteiger partial charge in [0, 0.05) is 12.7 Å². The van der Waals surface area contributed by atoms with Crippen LogP contribution in [-0.2, 0) is 6.54 Å². The highest BCUT2D eigenvalue weighted by atomic mass is 32.2. The fourth-order valence-corrected chi connectivity index (χ4v) is 3.44. The Hall–Kier alpha value is -1.50. The summed E-state index contributed by atoms with van der Waals surface area (Å²) < 4.78 is 2.13. The maximum atomic E-state index is 5.56. The lowest BCUT2D eigenvalue weighted by atomic mass is 10.3. The monoisotopic (exact) mass is 274 g/mol. The molecule has 3 rings (SSSR count). The predicted molar refractivity (Wildman–Crippen MR) is 73.7 cm³/mol. The van der Waals surface area contributed by atoms with Gasteiger partial charge in [-0.3, -0.25) is 0 Å². The third kappa shape index (κ3) is 2.35. The number of para-hydroxylation sites is 1. The summed E-state index contributed by atoms with van der Waals surface area (Å²) in [4.78, 5) is 13.1. The molecule has 0 fully saturated rings. The van der Waals surface area contributed by atoms with E-state index in [4.69, 9.17) is 5.73 Å². The molecule has 2 N–H and O–H groups in total. The van der Waals surface area contributed by atoms with Gasteiger partial charge in [-0.25, -0.2) is 15.0 Å². The van der Waals surface area contributed by atoms with E-state index in [-0.39, 0.29) is 0 Å².